The molecule has 1 aliphatic heterocycles. The first-order valence-electron chi connectivity index (χ1n) is 12.5. The number of methoxy groups -OCH3 is 1. The molecule has 6 nitrogen and oxygen atoms in total. The van der Waals surface area contributed by atoms with E-state index in [0.717, 1.165) is 48.3 Å². The van der Waals surface area contributed by atoms with E-state index in [1.54, 1.807) is 31.2 Å². The van der Waals surface area contributed by atoms with Gasteiger partial charge in [-0.3, -0.25) is 14.5 Å². The number of ketones is 1. The molecule has 1 fully saturated rings. The maximum absolute atomic E-state index is 15.0. The number of amides is 1. The number of fused-ring (bicyclic) bond motifs is 1. The van der Waals surface area contributed by atoms with Crippen molar-refractivity contribution < 1.29 is 33.0 Å². The maximum Gasteiger partial charge on any atom is 0.300 e. The number of hydrogen-bond donors (Lipinski definition) is 1. The second-order valence-electron chi connectivity index (χ2n) is 9.30. The second-order valence-corrected chi connectivity index (χ2v) is 9.30. The first kappa shape index (κ1) is 25.4. The summed E-state index contributed by atoms with van der Waals surface area (Å²) in [5.41, 5.74) is 2.58. The predicted octanol–water partition coefficient (Wildman–Crippen LogP) is 5.88. The Balaban J connectivity index is 1.73. The van der Waals surface area contributed by atoms with Crippen LogP contribution in [0.4, 0.5) is 14.5 Å². The van der Waals surface area contributed by atoms with Crippen LogP contribution < -0.4 is 14.4 Å². The lowest BCUT2D eigenvalue weighted by molar-refractivity contribution is -0.132. The zero-order chi connectivity index (χ0) is 27.0. The average Bonchev–Trinajstić information content (AvgIpc) is 3.18. The first-order chi connectivity index (χ1) is 18.3. The summed E-state index contributed by atoms with van der Waals surface area (Å²) in [7, 11) is 1.48. The van der Waals surface area contributed by atoms with Crippen LogP contribution in [0.5, 0.6) is 11.5 Å². The summed E-state index contributed by atoms with van der Waals surface area (Å²) >= 11 is 0. The van der Waals surface area contributed by atoms with Gasteiger partial charge in [-0.15, -0.1) is 0 Å². The van der Waals surface area contributed by atoms with Gasteiger partial charge in [0.05, 0.1) is 31.0 Å². The number of aryl methyl sites for hydroxylation is 2. The second kappa shape index (κ2) is 10.3. The van der Waals surface area contributed by atoms with Crippen molar-refractivity contribution in [1.82, 2.24) is 0 Å². The first-order valence-corrected chi connectivity index (χ1v) is 12.5. The molecular weight excluding hydrogens is 492 g/mol. The van der Waals surface area contributed by atoms with Gasteiger partial charge in [0.2, 0.25) is 0 Å². The summed E-state index contributed by atoms with van der Waals surface area (Å²) < 4.78 is 39.8. The van der Waals surface area contributed by atoms with Gasteiger partial charge in [0.1, 0.15) is 17.4 Å². The van der Waals surface area contributed by atoms with E-state index < -0.39 is 29.4 Å². The molecule has 38 heavy (non-hydrogen) atoms. The number of rotatable bonds is 6. The fourth-order valence-electron chi connectivity index (χ4n) is 5.24. The molecule has 0 bridgehead atoms. The highest BCUT2D eigenvalue weighted by Crippen LogP contribution is 2.45. The molecule has 196 valence electrons. The number of hydrogen-bond acceptors (Lipinski definition) is 5. The summed E-state index contributed by atoms with van der Waals surface area (Å²) in [6.45, 7) is 2.11. The zero-order valence-electron chi connectivity index (χ0n) is 21.1. The molecule has 1 unspecified atom stereocenters. The van der Waals surface area contributed by atoms with Gasteiger partial charge in [-0.1, -0.05) is 18.2 Å². The number of carbonyl (C=O) groups excluding carboxylic acids is 2. The minimum absolute atomic E-state index is 0.193. The van der Waals surface area contributed by atoms with Gasteiger partial charge in [0, 0.05) is 11.6 Å². The fourth-order valence-corrected chi connectivity index (χ4v) is 5.24. The van der Waals surface area contributed by atoms with Gasteiger partial charge in [0.25, 0.3) is 11.7 Å². The number of Topliss-reactive ketones (excluding diaryl/α,β-unsaturated/α-hetero) is 1. The smallest absolute Gasteiger partial charge is 0.300 e. The average molecular weight is 520 g/mol. The molecule has 1 aliphatic carbocycles. The lowest BCUT2D eigenvalue weighted by atomic mass is 9.88. The Labute approximate surface area is 219 Å². The molecule has 0 saturated carbocycles. The molecule has 0 radical (unpaired) electrons. The molecule has 1 N–H and O–H groups in total. The van der Waals surface area contributed by atoms with Crippen molar-refractivity contribution in [1.29, 1.82) is 0 Å². The van der Waals surface area contributed by atoms with Crippen molar-refractivity contribution in [2.24, 2.45) is 0 Å². The van der Waals surface area contributed by atoms with Crippen LogP contribution in [0.3, 0.4) is 0 Å². The van der Waals surface area contributed by atoms with Crippen LogP contribution in [-0.2, 0) is 22.4 Å². The Hall–Kier alpha value is -4.20. The lowest BCUT2D eigenvalue weighted by Gasteiger charge is -2.26. The van der Waals surface area contributed by atoms with Gasteiger partial charge < -0.3 is 14.6 Å². The van der Waals surface area contributed by atoms with E-state index in [0.29, 0.717) is 35.3 Å². The van der Waals surface area contributed by atoms with Crippen molar-refractivity contribution in [3.8, 4) is 11.5 Å². The molecule has 0 spiro atoms. The van der Waals surface area contributed by atoms with Crippen molar-refractivity contribution in [2.45, 2.75) is 38.6 Å². The highest BCUT2D eigenvalue weighted by atomic mass is 19.1. The van der Waals surface area contributed by atoms with E-state index >= 15 is 0 Å². The summed E-state index contributed by atoms with van der Waals surface area (Å²) in [5, 5.41) is 11.5. The fraction of sp³-hybridized carbons (Fsp3) is 0.267. The summed E-state index contributed by atoms with van der Waals surface area (Å²) in [4.78, 5) is 27.7. The van der Waals surface area contributed by atoms with Gasteiger partial charge >= 0.3 is 0 Å². The van der Waals surface area contributed by atoms with Crippen LogP contribution >= 0.6 is 0 Å². The highest BCUT2D eigenvalue weighted by Gasteiger charge is 2.48. The number of aliphatic hydroxyl groups excluding tert-OH is 1. The van der Waals surface area contributed by atoms with Crippen LogP contribution in [0.2, 0.25) is 0 Å². The molecule has 1 saturated heterocycles. The summed E-state index contributed by atoms with van der Waals surface area (Å²) in [5.74, 6) is -3.42. The SMILES string of the molecule is CCOc1cc(C2/C(=C(\O)c3ccc4c(c3)CCCC4)C(=O)C(=O)N2c2ccc(F)cc2F)ccc1OC. The number of anilines is 1. The highest BCUT2D eigenvalue weighted by molar-refractivity contribution is 6.51. The van der Waals surface area contributed by atoms with Gasteiger partial charge in [-0.05, 0) is 79.6 Å². The minimum atomic E-state index is -1.20. The predicted molar refractivity (Wildman–Crippen MR) is 138 cm³/mol. The number of nitrogens with zero attached hydrogens (tertiary/aromatic N) is 1. The summed E-state index contributed by atoms with van der Waals surface area (Å²) in [6, 6.07) is 11.9. The van der Waals surface area contributed by atoms with Crippen LogP contribution in [0.15, 0.2) is 60.2 Å². The number of aliphatic hydroxyl groups is 1. The molecule has 3 aromatic carbocycles. The van der Waals surface area contributed by atoms with E-state index in [1.807, 2.05) is 12.1 Å². The van der Waals surface area contributed by atoms with Crippen molar-refractivity contribution in [2.75, 3.05) is 18.6 Å². The Morgan fingerprint density at radius 3 is 2.45 bits per heavy atom. The zero-order valence-corrected chi connectivity index (χ0v) is 21.1. The summed E-state index contributed by atoms with van der Waals surface area (Å²) in [6.07, 6.45) is 3.91. The van der Waals surface area contributed by atoms with Crippen molar-refractivity contribution in [3.05, 3.63) is 94.1 Å². The van der Waals surface area contributed by atoms with Gasteiger partial charge in [0.15, 0.2) is 11.5 Å². The Kier molecular flexibility index (Phi) is 6.89. The van der Waals surface area contributed by atoms with E-state index in [2.05, 4.69) is 0 Å². The van der Waals surface area contributed by atoms with E-state index in [1.165, 1.54) is 12.7 Å². The van der Waals surface area contributed by atoms with Crippen LogP contribution in [0.1, 0.15) is 48.1 Å². The maximum atomic E-state index is 15.0. The van der Waals surface area contributed by atoms with Gasteiger partial charge in [-0.2, -0.15) is 0 Å². The molecule has 3 aromatic rings. The van der Waals surface area contributed by atoms with E-state index in [-0.39, 0.29) is 17.0 Å². The largest absolute Gasteiger partial charge is 0.507 e. The van der Waals surface area contributed by atoms with Crippen LogP contribution in [-0.4, -0.2) is 30.5 Å². The van der Waals surface area contributed by atoms with Gasteiger partial charge in [-0.25, -0.2) is 8.78 Å². The number of halogens is 2. The molecule has 1 amide bonds. The molecule has 0 aromatic heterocycles. The number of carbonyl (C=O) groups is 2. The topological polar surface area (TPSA) is 76.1 Å². The third-order valence-electron chi connectivity index (χ3n) is 7.04. The van der Waals surface area contributed by atoms with Crippen LogP contribution in [0, 0.1) is 11.6 Å². The Morgan fingerprint density at radius 2 is 1.74 bits per heavy atom. The third kappa shape index (κ3) is 4.40. The molecule has 1 heterocycles. The quantitative estimate of drug-likeness (QED) is 0.250. The number of ether oxygens (including phenoxy) is 2. The van der Waals surface area contributed by atoms with E-state index in [9.17, 15) is 23.5 Å². The monoisotopic (exact) mass is 519 g/mol. The minimum Gasteiger partial charge on any atom is -0.507 e. The molecule has 5 rings (SSSR count). The third-order valence-corrected chi connectivity index (χ3v) is 7.04. The lowest BCUT2D eigenvalue weighted by Crippen LogP contribution is -2.30. The molecule has 1 atom stereocenters. The normalized spacial score (nSPS) is 18.4. The Morgan fingerprint density at radius 1 is 0.974 bits per heavy atom. The standard InChI is InChI=1S/C30H27F2NO5/c1-3-38-25-15-19(10-13-24(25)37-2)27-26(28(34)20-9-8-17-6-4-5-7-18(17)14-20)29(35)30(36)33(27)23-12-11-21(31)16-22(23)32/h8-16,27,34H,3-7H2,1-2H3/b28-26+. The molecule has 8 heteroatoms. The van der Waals surface area contributed by atoms with Crippen molar-refractivity contribution >= 4 is 23.1 Å². The Bertz CT molecular complexity index is 1460. The van der Waals surface area contributed by atoms with Crippen LogP contribution in [0.25, 0.3) is 5.76 Å². The van der Waals surface area contributed by atoms with E-state index in [4.69, 9.17) is 9.47 Å². The molecular formula is C30H27F2NO5. The molecule has 2 aliphatic rings. The number of benzene rings is 3. The van der Waals surface area contributed by atoms with Crippen molar-refractivity contribution in [3.63, 3.8) is 0 Å².